The van der Waals surface area contributed by atoms with Gasteiger partial charge in [0.15, 0.2) is 0 Å². The predicted octanol–water partition coefficient (Wildman–Crippen LogP) is 2.45. The van der Waals surface area contributed by atoms with Gasteiger partial charge in [-0.25, -0.2) is 18.7 Å². The van der Waals surface area contributed by atoms with Crippen LogP contribution in [0.25, 0.3) is 0 Å². The number of rotatable bonds is 3. The van der Waals surface area contributed by atoms with Gasteiger partial charge < -0.3 is 4.90 Å². The largest absolute Gasteiger partial charge is 0.338 e. The summed E-state index contributed by atoms with van der Waals surface area (Å²) in [5, 5.41) is 0. The molecule has 2 heterocycles. The molecule has 6 heteroatoms. The Morgan fingerprint density at radius 1 is 0.950 bits per heavy atom. The summed E-state index contributed by atoms with van der Waals surface area (Å²) in [4.78, 5) is 11.8. The zero-order valence-electron chi connectivity index (χ0n) is 10.9. The maximum Gasteiger partial charge on any atom is 0.225 e. The lowest BCUT2D eigenvalue weighted by atomic mass is 10.4. The van der Waals surface area contributed by atoms with Crippen LogP contribution in [0.3, 0.4) is 0 Å². The van der Waals surface area contributed by atoms with Gasteiger partial charge in [-0.15, -0.1) is 0 Å². The van der Waals surface area contributed by atoms with Crippen LogP contribution in [-0.4, -0.2) is 40.5 Å². The molecule has 1 aromatic heterocycles. The van der Waals surface area contributed by atoms with E-state index in [4.69, 9.17) is 0 Å². The highest BCUT2D eigenvalue weighted by Gasteiger charge is 2.19. The summed E-state index contributed by atoms with van der Waals surface area (Å²) in [6, 6.07) is 8.44. The summed E-state index contributed by atoms with van der Waals surface area (Å²) in [6.07, 6.45) is 3.53. The highest BCUT2D eigenvalue weighted by Crippen LogP contribution is 2.24. The van der Waals surface area contributed by atoms with Crippen molar-refractivity contribution in [1.82, 2.24) is 14.3 Å². The van der Waals surface area contributed by atoms with Gasteiger partial charge in [-0.05, 0) is 42.3 Å². The van der Waals surface area contributed by atoms with Crippen LogP contribution >= 0.6 is 11.9 Å². The van der Waals surface area contributed by atoms with Crippen molar-refractivity contribution in [2.75, 3.05) is 31.1 Å². The van der Waals surface area contributed by atoms with Crippen LogP contribution in [0.15, 0.2) is 47.6 Å². The number of piperazine rings is 1. The van der Waals surface area contributed by atoms with Crippen LogP contribution in [0.2, 0.25) is 0 Å². The molecular formula is C14H15FN4S. The number of halogens is 1. The Bertz CT molecular complexity index is 541. The first-order valence-electron chi connectivity index (χ1n) is 6.52. The van der Waals surface area contributed by atoms with E-state index in [0.717, 1.165) is 37.0 Å². The lowest BCUT2D eigenvalue weighted by Crippen LogP contribution is -2.44. The van der Waals surface area contributed by atoms with Gasteiger partial charge in [0.2, 0.25) is 5.95 Å². The molecular weight excluding hydrogens is 275 g/mol. The Hall–Kier alpha value is -1.66. The van der Waals surface area contributed by atoms with Crippen LogP contribution in [-0.2, 0) is 0 Å². The Morgan fingerprint density at radius 3 is 2.25 bits per heavy atom. The second-order valence-corrected chi connectivity index (χ2v) is 5.68. The van der Waals surface area contributed by atoms with Crippen LogP contribution in [0, 0.1) is 5.82 Å². The molecule has 0 aliphatic carbocycles. The van der Waals surface area contributed by atoms with E-state index >= 15 is 0 Å². The molecule has 0 N–H and O–H groups in total. The molecule has 1 aliphatic rings. The van der Waals surface area contributed by atoms with E-state index < -0.39 is 0 Å². The summed E-state index contributed by atoms with van der Waals surface area (Å²) in [5.74, 6) is 0.597. The molecule has 0 atom stereocenters. The van der Waals surface area contributed by atoms with Crippen LogP contribution < -0.4 is 4.90 Å². The SMILES string of the molecule is Fc1ccc(SN2CCN(c3ncccn3)CC2)cc1. The first-order chi connectivity index (χ1) is 9.81. The molecule has 0 spiro atoms. The molecule has 0 amide bonds. The molecule has 2 aromatic rings. The fourth-order valence-electron chi connectivity index (χ4n) is 2.08. The Kier molecular flexibility index (Phi) is 4.13. The molecule has 1 aromatic carbocycles. The van der Waals surface area contributed by atoms with Gasteiger partial charge in [-0.2, -0.15) is 0 Å². The molecule has 4 nitrogen and oxygen atoms in total. The fraction of sp³-hybridized carbons (Fsp3) is 0.286. The minimum Gasteiger partial charge on any atom is -0.338 e. The maximum atomic E-state index is 12.9. The second kappa shape index (κ2) is 6.19. The Balaban J connectivity index is 1.55. The summed E-state index contributed by atoms with van der Waals surface area (Å²) in [5.41, 5.74) is 0. The molecule has 0 radical (unpaired) electrons. The Morgan fingerprint density at radius 2 is 1.60 bits per heavy atom. The zero-order chi connectivity index (χ0) is 13.8. The van der Waals surface area contributed by atoms with Crippen molar-refractivity contribution in [2.45, 2.75) is 4.90 Å². The average Bonchev–Trinajstić information content (AvgIpc) is 2.51. The van der Waals surface area contributed by atoms with E-state index in [9.17, 15) is 4.39 Å². The van der Waals surface area contributed by atoms with Crippen molar-refractivity contribution < 1.29 is 4.39 Å². The van der Waals surface area contributed by atoms with Gasteiger partial charge in [0.1, 0.15) is 5.82 Å². The molecule has 1 aliphatic heterocycles. The minimum atomic E-state index is -0.194. The van der Waals surface area contributed by atoms with E-state index in [1.54, 1.807) is 24.3 Å². The third-order valence-electron chi connectivity index (χ3n) is 3.12. The zero-order valence-corrected chi connectivity index (χ0v) is 11.8. The van der Waals surface area contributed by atoms with Crippen LogP contribution in [0.5, 0.6) is 0 Å². The molecule has 104 valence electrons. The lowest BCUT2D eigenvalue weighted by Gasteiger charge is -2.33. The van der Waals surface area contributed by atoms with E-state index in [2.05, 4.69) is 19.2 Å². The van der Waals surface area contributed by atoms with E-state index in [-0.39, 0.29) is 5.82 Å². The quantitative estimate of drug-likeness (QED) is 0.811. The summed E-state index contributed by atoms with van der Waals surface area (Å²) < 4.78 is 15.1. The topological polar surface area (TPSA) is 32.3 Å². The van der Waals surface area contributed by atoms with Crippen molar-refractivity contribution in [1.29, 1.82) is 0 Å². The van der Waals surface area contributed by atoms with Crippen LogP contribution in [0.1, 0.15) is 0 Å². The summed E-state index contributed by atoms with van der Waals surface area (Å²) in [6.45, 7) is 3.66. The predicted molar refractivity (Wildman–Crippen MR) is 78.1 cm³/mol. The molecule has 20 heavy (non-hydrogen) atoms. The number of hydrogen-bond donors (Lipinski definition) is 0. The van der Waals surface area contributed by atoms with E-state index in [1.165, 1.54) is 12.1 Å². The second-order valence-electron chi connectivity index (χ2n) is 4.51. The van der Waals surface area contributed by atoms with Gasteiger partial charge in [-0.1, -0.05) is 0 Å². The molecule has 0 saturated carbocycles. The standard InChI is InChI=1S/C14H15FN4S/c15-12-2-4-13(5-3-12)20-19-10-8-18(9-11-19)14-16-6-1-7-17-14/h1-7H,8-11H2. The normalized spacial score (nSPS) is 16.4. The first-order valence-corrected chi connectivity index (χ1v) is 7.29. The van der Waals surface area contributed by atoms with Gasteiger partial charge in [0, 0.05) is 43.5 Å². The van der Waals surface area contributed by atoms with Gasteiger partial charge in [0.25, 0.3) is 0 Å². The van der Waals surface area contributed by atoms with Crippen molar-refractivity contribution >= 4 is 17.9 Å². The summed E-state index contributed by atoms with van der Waals surface area (Å²) in [7, 11) is 0. The number of hydrogen-bond acceptors (Lipinski definition) is 5. The van der Waals surface area contributed by atoms with Crippen molar-refractivity contribution in [3.63, 3.8) is 0 Å². The van der Waals surface area contributed by atoms with E-state index in [1.807, 2.05) is 18.2 Å². The van der Waals surface area contributed by atoms with Crippen LogP contribution in [0.4, 0.5) is 10.3 Å². The smallest absolute Gasteiger partial charge is 0.225 e. The van der Waals surface area contributed by atoms with E-state index in [0.29, 0.717) is 0 Å². The fourth-order valence-corrected chi connectivity index (χ4v) is 2.98. The molecule has 0 bridgehead atoms. The third kappa shape index (κ3) is 3.26. The highest BCUT2D eigenvalue weighted by molar-refractivity contribution is 7.97. The number of aromatic nitrogens is 2. The molecule has 1 fully saturated rings. The van der Waals surface area contributed by atoms with Crippen molar-refractivity contribution in [2.24, 2.45) is 0 Å². The number of anilines is 1. The van der Waals surface area contributed by atoms with Gasteiger partial charge in [-0.3, -0.25) is 0 Å². The average molecular weight is 290 g/mol. The molecule has 0 unspecified atom stereocenters. The van der Waals surface area contributed by atoms with Gasteiger partial charge >= 0.3 is 0 Å². The summed E-state index contributed by atoms with van der Waals surface area (Å²) >= 11 is 1.67. The Labute approximate surface area is 121 Å². The monoisotopic (exact) mass is 290 g/mol. The minimum absolute atomic E-state index is 0.194. The number of benzene rings is 1. The van der Waals surface area contributed by atoms with Crippen molar-refractivity contribution in [3.05, 3.63) is 48.5 Å². The first kappa shape index (κ1) is 13.3. The third-order valence-corrected chi connectivity index (χ3v) is 4.23. The molecule has 3 rings (SSSR count). The lowest BCUT2D eigenvalue weighted by molar-refractivity contribution is 0.426. The molecule has 1 saturated heterocycles. The number of nitrogens with zero attached hydrogens (tertiary/aromatic N) is 4. The maximum absolute atomic E-state index is 12.9. The highest BCUT2D eigenvalue weighted by atomic mass is 32.2. The van der Waals surface area contributed by atoms with Crippen molar-refractivity contribution in [3.8, 4) is 0 Å². The van der Waals surface area contributed by atoms with Gasteiger partial charge in [0.05, 0.1) is 0 Å².